The fraction of sp³-hybridized carbons (Fsp3) is 0.576. The van der Waals surface area contributed by atoms with E-state index in [0.29, 0.717) is 0 Å². The summed E-state index contributed by atoms with van der Waals surface area (Å²) < 4.78 is 43.2. The third-order valence-electron chi connectivity index (χ3n) is 9.06. The number of benzene rings is 2. The highest BCUT2D eigenvalue weighted by Crippen LogP contribution is 2.73. The Labute approximate surface area is 252 Å². The van der Waals surface area contributed by atoms with Crippen LogP contribution in [0.5, 0.6) is 0 Å². The smallest absolute Gasteiger partial charge is 0.424 e. The summed E-state index contributed by atoms with van der Waals surface area (Å²) in [6.07, 6.45) is 4.23. The molecular formula is C33H47O7PSi. The van der Waals surface area contributed by atoms with Gasteiger partial charge in [0.1, 0.15) is 0 Å². The van der Waals surface area contributed by atoms with Gasteiger partial charge >= 0.3 is 7.82 Å². The van der Waals surface area contributed by atoms with Gasteiger partial charge in [0.2, 0.25) is 0 Å². The van der Waals surface area contributed by atoms with Gasteiger partial charge in [-0.2, -0.15) is 0 Å². The van der Waals surface area contributed by atoms with E-state index in [4.69, 9.17) is 23.0 Å². The Morgan fingerprint density at radius 1 is 0.976 bits per heavy atom. The Balaban J connectivity index is 1.44. The number of phosphoric acid groups is 1. The molecule has 2 aromatic carbocycles. The Morgan fingerprint density at radius 2 is 1.50 bits per heavy atom. The number of ether oxygens (including phenoxy) is 2. The minimum absolute atomic E-state index is 0.127. The van der Waals surface area contributed by atoms with Crippen LogP contribution in [0, 0.1) is 17.3 Å². The van der Waals surface area contributed by atoms with E-state index >= 15 is 0 Å². The second-order valence-corrected chi connectivity index (χ2v) is 19.3. The molecule has 0 aromatic heterocycles. The summed E-state index contributed by atoms with van der Waals surface area (Å²) in [6.45, 7) is 15.5. The number of phosphoric ester groups is 1. The molecular weight excluding hydrogens is 567 g/mol. The van der Waals surface area contributed by atoms with Crippen LogP contribution in [0.3, 0.4) is 0 Å². The van der Waals surface area contributed by atoms with Gasteiger partial charge in [-0.15, -0.1) is 0 Å². The Morgan fingerprint density at radius 3 is 2.00 bits per heavy atom. The summed E-state index contributed by atoms with van der Waals surface area (Å²) in [5.41, 5.74) is -0.307. The van der Waals surface area contributed by atoms with E-state index in [9.17, 15) is 9.36 Å². The second kappa shape index (κ2) is 11.3. The largest absolute Gasteiger partial charge is 0.529 e. The Kier molecular flexibility index (Phi) is 8.51. The van der Waals surface area contributed by atoms with Crippen LogP contribution in [-0.4, -0.2) is 43.3 Å². The fourth-order valence-corrected chi connectivity index (χ4v) is 12.5. The molecule has 42 heavy (non-hydrogen) atoms. The first kappa shape index (κ1) is 31.6. The third kappa shape index (κ3) is 5.84. The molecule has 0 amide bonds. The molecule has 1 saturated heterocycles. The molecule has 5 atom stereocenters. The van der Waals surface area contributed by atoms with Gasteiger partial charge in [-0.05, 0) is 87.7 Å². The van der Waals surface area contributed by atoms with Gasteiger partial charge in [-0.1, -0.05) is 74.5 Å². The minimum atomic E-state index is -3.78. The molecule has 5 rings (SSSR count). The van der Waals surface area contributed by atoms with Crippen molar-refractivity contribution in [3.8, 4) is 0 Å². The molecule has 7 nitrogen and oxygen atoms in total. The summed E-state index contributed by atoms with van der Waals surface area (Å²) in [6, 6.07) is 20.3. The molecule has 2 aromatic rings. The van der Waals surface area contributed by atoms with Crippen LogP contribution >= 0.6 is 7.82 Å². The summed E-state index contributed by atoms with van der Waals surface area (Å²) in [5.74, 6) is -0.284. The van der Waals surface area contributed by atoms with Gasteiger partial charge in [-0.25, -0.2) is 4.57 Å². The molecule has 1 aliphatic heterocycles. The molecule has 0 radical (unpaired) electrons. The van der Waals surface area contributed by atoms with E-state index < -0.39 is 27.0 Å². The van der Waals surface area contributed by atoms with Crippen molar-refractivity contribution < 1.29 is 32.4 Å². The maximum atomic E-state index is 13.3. The number of hydrogen-bond donors (Lipinski definition) is 1. The predicted octanol–water partition coefficient (Wildman–Crippen LogP) is 6.55. The number of rotatable bonds is 12. The molecule has 3 aliphatic rings. The first-order valence-corrected chi connectivity index (χ1v) is 18.6. The van der Waals surface area contributed by atoms with Crippen molar-refractivity contribution in [2.24, 2.45) is 17.3 Å². The molecule has 1 N–H and O–H groups in total. The third-order valence-corrected chi connectivity index (χ3v) is 15.3. The van der Waals surface area contributed by atoms with Gasteiger partial charge in [-0.3, -0.25) is 9.05 Å². The monoisotopic (exact) mass is 614 g/mol. The first-order valence-electron chi connectivity index (χ1n) is 15.1. The van der Waals surface area contributed by atoms with Crippen molar-refractivity contribution in [1.29, 1.82) is 0 Å². The standard InChI is InChI=1S/C33H47O7PSi/c1-23(2)39-41(34,40-24(3)4)36-20-19-33-22-28(33)27(29-30(33)38-32(7,8)37-29)21-31(5,6)42(35,25-15-11-9-12-16-25)26-17-13-10-14-18-26/h9-20,23-24,27-30,35H,21-22H2,1-8H3/b20-19+/t27-,28+,29-,30-,33-/m0/s1. The molecule has 0 bridgehead atoms. The van der Waals surface area contributed by atoms with Crippen molar-refractivity contribution in [2.75, 3.05) is 0 Å². The molecule has 9 heteroatoms. The Bertz CT molecular complexity index is 1260. The maximum Gasteiger partial charge on any atom is 0.529 e. The van der Waals surface area contributed by atoms with Crippen LogP contribution < -0.4 is 10.4 Å². The molecule has 2 aliphatic carbocycles. The van der Waals surface area contributed by atoms with Gasteiger partial charge in [0.05, 0.1) is 30.7 Å². The number of hydrogen-bond acceptors (Lipinski definition) is 7. The van der Waals surface area contributed by atoms with Crippen molar-refractivity contribution in [3.05, 3.63) is 73.0 Å². The summed E-state index contributed by atoms with van der Waals surface area (Å²) in [5, 5.41) is 1.58. The van der Waals surface area contributed by atoms with E-state index in [-0.39, 0.29) is 41.7 Å². The average Bonchev–Trinajstić information content (AvgIpc) is 3.46. The second-order valence-electron chi connectivity index (χ2n) is 13.8. The lowest BCUT2D eigenvalue weighted by molar-refractivity contribution is -0.160. The van der Waals surface area contributed by atoms with Gasteiger partial charge in [0.15, 0.2) is 5.79 Å². The quantitative estimate of drug-likeness (QED) is 0.165. The highest BCUT2D eigenvalue weighted by molar-refractivity contribution is 7.48. The van der Waals surface area contributed by atoms with Crippen molar-refractivity contribution in [1.82, 2.24) is 0 Å². The highest BCUT2D eigenvalue weighted by Gasteiger charge is 2.75. The van der Waals surface area contributed by atoms with E-state index in [0.717, 1.165) is 23.2 Å². The van der Waals surface area contributed by atoms with Crippen LogP contribution in [0.2, 0.25) is 5.04 Å². The number of fused-ring (bicyclic) bond motifs is 3. The average molecular weight is 615 g/mol. The maximum absolute atomic E-state index is 13.3. The molecule has 1 heterocycles. The van der Waals surface area contributed by atoms with Crippen molar-refractivity contribution in [2.45, 2.75) is 103 Å². The van der Waals surface area contributed by atoms with Crippen LogP contribution in [0.4, 0.5) is 0 Å². The Hall–Kier alpha value is -1.77. The van der Waals surface area contributed by atoms with Gasteiger partial charge in [0, 0.05) is 5.41 Å². The van der Waals surface area contributed by atoms with E-state index in [1.54, 1.807) is 27.7 Å². The molecule has 2 saturated carbocycles. The SMILES string of the molecule is CC(C)OP(=O)(O/C=C/[C@]12C[C@@H]1[C@H](CC(C)(C)[Si](O)(c1ccccc1)c1ccccc1)[C@@H]1OC(C)(C)O[C@@H]12)OC(C)C. The summed E-state index contributed by atoms with van der Waals surface area (Å²) in [7, 11) is -6.98. The van der Waals surface area contributed by atoms with E-state index in [1.165, 1.54) is 6.26 Å². The van der Waals surface area contributed by atoms with Crippen molar-refractivity contribution in [3.63, 3.8) is 0 Å². The van der Waals surface area contributed by atoms with Crippen LogP contribution in [0.1, 0.15) is 68.2 Å². The normalized spacial score (nSPS) is 28.8. The van der Waals surface area contributed by atoms with Gasteiger partial charge in [0.25, 0.3) is 8.32 Å². The minimum Gasteiger partial charge on any atom is -0.424 e. The van der Waals surface area contributed by atoms with Crippen LogP contribution in [0.15, 0.2) is 73.0 Å². The van der Waals surface area contributed by atoms with Crippen LogP contribution in [-0.2, 0) is 27.6 Å². The zero-order valence-electron chi connectivity index (χ0n) is 26.2. The van der Waals surface area contributed by atoms with Crippen LogP contribution in [0.25, 0.3) is 0 Å². The first-order chi connectivity index (χ1) is 19.6. The zero-order valence-corrected chi connectivity index (χ0v) is 28.0. The molecule has 0 unspecified atom stereocenters. The highest BCUT2D eigenvalue weighted by atomic mass is 31.2. The molecule has 3 fully saturated rings. The lowest BCUT2D eigenvalue weighted by Crippen LogP contribution is -2.65. The van der Waals surface area contributed by atoms with E-state index in [2.05, 4.69) is 38.1 Å². The zero-order chi connectivity index (χ0) is 30.6. The van der Waals surface area contributed by atoms with E-state index in [1.807, 2.05) is 56.3 Å². The lowest BCUT2D eigenvalue weighted by atomic mass is 9.89. The summed E-state index contributed by atoms with van der Waals surface area (Å²) in [4.78, 5) is 12.8. The fourth-order valence-electron chi connectivity index (χ4n) is 7.36. The predicted molar refractivity (Wildman–Crippen MR) is 167 cm³/mol. The summed E-state index contributed by atoms with van der Waals surface area (Å²) >= 11 is 0. The lowest BCUT2D eigenvalue weighted by Gasteiger charge is -2.43. The van der Waals surface area contributed by atoms with Gasteiger partial charge < -0.3 is 18.8 Å². The van der Waals surface area contributed by atoms with Crippen molar-refractivity contribution >= 4 is 26.5 Å². The molecule has 230 valence electrons. The topological polar surface area (TPSA) is 83.5 Å². The molecule has 0 spiro atoms.